The van der Waals surface area contributed by atoms with Gasteiger partial charge in [-0.25, -0.2) is 0 Å². The number of amides is 1. The second-order valence-electron chi connectivity index (χ2n) is 5.36. The molecular weight excluding hydrogens is 348 g/mol. The zero-order chi connectivity index (χ0) is 16.7. The third-order valence-electron chi connectivity index (χ3n) is 3.45. The van der Waals surface area contributed by atoms with Crippen molar-refractivity contribution in [2.45, 2.75) is 25.3 Å². The van der Waals surface area contributed by atoms with Crippen molar-refractivity contribution in [1.82, 2.24) is 15.5 Å². The lowest BCUT2D eigenvalue weighted by atomic mass is 10.1. The fourth-order valence-corrected chi connectivity index (χ4v) is 2.48. The summed E-state index contributed by atoms with van der Waals surface area (Å²) in [6.07, 6.45) is 2.66. The van der Waals surface area contributed by atoms with Crippen LogP contribution in [0.25, 0.3) is 11.4 Å². The molecule has 8 heteroatoms. The Morgan fingerprint density at radius 3 is 2.75 bits per heavy atom. The van der Waals surface area contributed by atoms with Gasteiger partial charge in [0, 0.05) is 12.1 Å². The fourth-order valence-electron chi connectivity index (χ4n) is 1.99. The van der Waals surface area contributed by atoms with Crippen LogP contribution < -0.4 is 11.1 Å². The summed E-state index contributed by atoms with van der Waals surface area (Å²) in [6, 6.07) is 9.15. The van der Waals surface area contributed by atoms with E-state index in [2.05, 4.69) is 15.5 Å². The van der Waals surface area contributed by atoms with Crippen molar-refractivity contribution in [2.75, 3.05) is 18.6 Å². The molecule has 2 rings (SSSR count). The summed E-state index contributed by atoms with van der Waals surface area (Å²) in [6.45, 7) is 2.35. The summed E-state index contributed by atoms with van der Waals surface area (Å²) in [5, 5.41) is 6.82. The highest BCUT2D eigenvalue weighted by Crippen LogP contribution is 2.19. The zero-order valence-corrected chi connectivity index (χ0v) is 15.4. The van der Waals surface area contributed by atoms with E-state index in [1.807, 2.05) is 43.5 Å². The Morgan fingerprint density at radius 2 is 2.08 bits per heavy atom. The van der Waals surface area contributed by atoms with E-state index in [1.54, 1.807) is 11.8 Å². The van der Waals surface area contributed by atoms with Crippen LogP contribution in [0.15, 0.2) is 34.9 Å². The van der Waals surface area contributed by atoms with Crippen LogP contribution in [0.5, 0.6) is 0 Å². The number of hydrogen-bond acceptors (Lipinski definition) is 6. The van der Waals surface area contributed by atoms with Crippen molar-refractivity contribution in [1.29, 1.82) is 0 Å². The topological polar surface area (TPSA) is 94.0 Å². The fraction of sp³-hybridized carbons (Fsp3) is 0.438. The van der Waals surface area contributed by atoms with Crippen LogP contribution >= 0.6 is 24.2 Å². The Kier molecular flexibility index (Phi) is 8.81. The first-order chi connectivity index (χ1) is 11.1. The molecule has 132 valence electrons. The van der Waals surface area contributed by atoms with Gasteiger partial charge < -0.3 is 15.6 Å². The minimum absolute atomic E-state index is 0. The van der Waals surface area contributed by atoms with E-state index in [0.29, 0.717) is 24.7 Å². The average molecular weight is 371 g/mol. The van der Waals surface area contributed by atoms with Gasteiger partial charge in [0.2, 0.25) is 17.6 Å². The van der Waals surface area contributed by atoms with Gasteiger partial charge in [-0.05, 0) is 18.4 Å². The van der Waals surface area contributed by atoms with Gasteiger partial charge in [0.05, 0.1) is 12.0 Å². The number of nitrogens with two attached hydrogens (primary N) is 1. The molecular formula is C16H23ClN4O2S. The Labute approximate surface area is 152 Å². The highest BCUT2D eigenvalue weighted by Gasteiger charge is 2.18. The predicted molar refractivity (Wildman–Crippen MR) is 99.4 cm³/mol. The van der Waals surface area contributed by atoms with Crippen LogP contribution in [0.2, 0.25) is 0 Å². The van der Waals surface area contributed by atoms with E-state index in [1.165, 1.54) is 0 Å². The number of nitrogens with zero attached hydrogens (tertiary/aromatic N) is 2. The molecule has 24 heavy (non-hydrogen) atoms. The molecule has 6 nitrogen and oxygen atoms in total. The molecule has 0 radical (unpaired) electrons. The van der Waals surface area contributed by atoms with E-state index < -0.39 is 6.04 Å². The van der Waals surface area contributed by atoms with Crippen LogP contribution in [0.4, 0.5) is 0 Å². The highest BCUT2D eigenvalue weighted by molar-refractivity contribution is 7.98. The van der Waals surface area contributed by atoms with Crippen molar-refractivity contribution < 1.29 is 9.32 Å². The summed E-state index contributed by atoms with van der Waals surface area (Å²) in [4.78, 5) is 16.3. The zero-order valence-electron chi connectivity index (χ0n) is 13.8. The molecule has 0 aliphatic carbocycles. The number of carbonyl (C=O) groups excluding carboxylic acids is 1. The van der Waals surface area contributed by atoms with Gasteiger partial charge in [-0.2, -0.15) is 16.7 Å². The second kappa shape index (κ2) is 10.3. The second-order valence-corrected chi connectivity index (χ2v) is 6.34. The van der Waals surface area contributed by atoms with E-state index in [4.69, 9.17) is 10.3 Å². The number of benzene rings is 1. The van der Waals surface area contributed by atoms with Gasteiger partial charge in [-0.15, -0.1) is 12.4 Å². The molecule has 0 aliphatic rings. The van der Waals surface area contributed by atoms with Gasteiger partial charge in [0.15, 0.2) is 0 Å². The summed E-state index contributed by atoms with van der Waals surface area (Å²) in [5.74, 6) is 1.71. The Balaban J connectivity index is 0.00000288. The molecule has 2 atom stereocenters. The normalized spacial score (nSPS) is 13.0. The molecule has 0 saturated heterocycles. The number of hydrogen-bond donors (Lipinski definition) is 2. The Morgan fingerprint density at radius 1 is 1.38 bits per heavy atom. The third kappa shape index (κ3) is 5.81. The van der Waals surface area contributed by atoms with Crippen molar-refractivity contribution >= 4 is 30.1 Å². The monoisotopic (exact) mass is 370 g/mol. The standard InChI is InChI=1S/C16H22N4O2S.ClH/c1-11(10-18-15(21)13(17)8-9-23-2)16-19-14(20-22-16)12-6-4-3-5-7-12;/h3-7,11,13H,8-10,17H2,1-2H3,(H,18,21);1H. The third-order valence-corrected chi connectivity index (χ3v) is 4.09. The Hall–Kier alpha value is -1.57. The summed E-state index contributed by atoms with van der Waals surface area (Å²) >= 11 is 1.68. The minimum Gasteiger partial charge on any atom is -0.354 e. The van der Waals surface area contributed by atoms with E-state index in [-0.39, 0.29) is 24.2 Å². The molecule has 0 fully saturated rings. The van der Waals surface area contributed by atoms with Crippen molar-refractivity contribution in [3.8, 4) is 11.4 Å². The van der Waals surface area contributed by atoms with Crippen LogP contribution in [0.3, 0.4) is 0 Å². The number of aromatic nitrogens is 2. The van der Waals surface area contributed by atoms with E-state index in [9.17, 15) is 4.79 Å². The minimum atomic E-state index is -0.475. The summed E-state index contributed by atoms with van der Waals surface area (Å²) in [5.41, 5.74) is 6.73. The van der Waals surface area contributed by atoms with Crippen LogP contribution in [-0.4, -0.2) is 40.6 Å². The summed E-state index contributed by atoms with van der Waals surface area (Å²) < 4.78 is 5.29. The molecule has 3 N–H and O–H groups in total. The quantitative estimate of drug-likeness (QED) is 0.741. The molecule has 2 unspecified atom stereocenters. The number of nitrogens with one attached hydrogen (secondary N) is 1. The summed E-state index contributed by atoms with van der Waals surface area (Å²) in [7, 11) is 0. The Bertz CT molecular complexity index is 624. The van der Waals surface area contributed by atoms with Gasteiger partial charge >= 0.3 is 0 Å². The SMILES string of the molecule is CSCCC(N)C(=O)NCC(C)c1nc(-c2ccccc2)no1.Cl. The van der Waals surface area contributed by atoms with Crippen LogP contribution in [0.1, 0.15) is 25.2 Å². The molecule has 1 amide bonds. The molecule has 1 aromatic carbocycles. The number of halogens is 1. The smallest absolute Gasteiger partial charge is 0.236 e. The van der Waals surface area contributed by atoms with Gasteiger partial charge in [0.25, 0.3) is 0 Å². The number of carbonyl (C=O) groups is 1. The maximum absolute atomic E-state index is 11.9. The van der Waals surface area contributed by atoms with Gasteiger partial charge in [-0.1, -0.05) is 42.4 Å². The number of thioether (sulfide) groups is 1. The van der Waals surface area contributed by atoms with Crippen molar-refractivity contribution in [2.24, 2.45) is 5.73 Å². The van der Waals surface area contributed by atoms with Crippen molar-refractivity contribution in [3.05, 3.63) is 36.2 Å². The lowest BCUT2D eigenvalue weighted by Gasteiger charge is -2.13. The molecule has 0 aliphatic heterocycles. The maximum atomic E-state index is 11.9. The molecule has 1 aromatic heterocycles. The van der Waals surface area contributed by atoms with E-state index >= 15 is 0 Å². The lowest BCUT2D eigenvalue weighted by Crippen LogP contribution is -2.42. The largest absolute Gasteiger partial charge is 0.354 e. The number of rotatable bonds is 8. The molecule has 0 saturated carbocycles. The molecule has 1 heterocycles. The van der Waals surface area contributed by atoms with Gasteiger partial charge in [0.1, 0.15) is 0 Å². The van der Waals surface area contributed by atoms with Crippen LogP contribution in [0, 0.1) is 0 Å². The molecule has 0 bridgehead atoms. The highest BCUT2D eigenvalue weighted by atomic mass is 35.5. The molecule has 0 spiro atoms. The lowest BCUT2D eigenvalue weighted by molar-refractivity contribution is -0.122. The average Bonchev–Trinajstić information content (AvgIpc) is 3.08. The first-order valence-corrected chi connectivity index (χ1v) is 8.92. The van der Waals surface area contributed by atoms with Crippen molar-refractivity contribution in [3.63, 3.8) is 0 Å². The van der Waals surface area contributed by atoms with E-state index in [0.717, 1.165) is 11.3 Å². The maximum Gasteiger partial charge on any atom is 0.236 e. The first kappa shape index (κ1) is 20.5. The molecule has 2 aromatic rings. The van der Waals surface area contributed by atoms with Gasteiger partial charge in [-0.3, -0.25) is 4.79 Å². The predicted octanol–water partition coefficient (Wildman–Crippen LogP) is 2.46. The first-order valence-electron chi connectivity index (χ1n) is 7.53. The van der Waals surface area contributed by atoms with Crippen LogP contribution in [-0.2, 0) is 4.79 Å².